The van der Waals surface area contributed by atoms with Gasteiger partial charge in [0.2, 0.25) is 5.91 Å². The van der Waals surface area contributed by atoms with Gasteiger partial charge in [-0.1, -0.05) is 52.3 Å². The van der Waals surface area contributed by atoms with Crippen LogP contribution in [0.3, 0.4) is 0 Å². The third kappa shape index (κ3) is 5.38. The highest BCUT2D eigenvalue weighted by atomic mass is 35.5. The molecule has 4 fully saturated rings. The topological polar surface area (TPSA) is 94.2 Å². The maximum Gasteiger partial charge on any atom is 0.414 e. The maximum absolute atomic E-state index is 13.8. The van der Waals surface area contributed by atoms with Crippen LogP contribution in [0.1, 0.15) is 73.1 Å². The molecule has 3 aliphatic carbocycles. The monoisotopic (exact) mass is 580 g/mol. The van der Waals surface area contributed by atoms with E-state index >= 15 is 0 Å². The van der Waals surface area contributed by atoms with Crippen molar-refractivity contribution < 1.29 is 28.6 Å². The number of nitrogens with zero attached hydrogens (tertiary/aromatic N) is 1. The van der Waals surface area contributed by atoms with Gasteiger partial charge in [-0.05, 0) is 68.9 Å². The number of halogens is 1. The Labute approximate surface area is 244 Å². The number of carbonyl (C=O) groups is 3. The van der Waals surface area contributed by atoms with Crippen molar-refractivity contribution in [1.29, 1.82) is 0 Å². The first-order valence-corrected chi connectivity index (χ1v) is 15.4. The summed E-state index contributed by atoms with van der Waals surface area (Å²) in [4.78, 5) is 42.6. The number of Topliss-reactive ketones (excluding diaryl/α,β-unsaturated/α-hetero) is 1. The molecular weight excluding hydrogens is 532 g/mol. The number of ether oxygens (including phenoxy) is 3. The van der Waals surface area contributed by atoms with Crippen LogP contribution in [-0.2, 0) is 23.8 Å². The smallest absolute Gasteiger partial charge is 0.414 e. The summed E-state index contributed by atoms with van der Waals surface area (Å²) in [6.07, 6.45) is 4.69. The number of methoxy groups -OCH3 is 1. The van der Waals surface area contributed by atoms with E-state index in [1.54, 1.807) is 7.11 Å². The molecule has 226 valence electrons. The molecule has 0 aromatic carbocycles. The van der Waals surface area contributed by atoms with Crippen molar-refractivity contribution in [3.63, 3.8) is 0 Å². The van der Waals surface area contributed by atoms with Crippen LogP contribution in [0.25, 0.3) is 0 Å². The van der Waals surface area contributed by atoms with Gasteiger partial charge in [0.05, 0.1) is 12.0 Å². The number of likely N-dealkylation sites (tertiary alicyclic amines) is 1. The van der Waals surface area contributed by atoms with Gasteiger partial charge in [0, 0.05) is 42.4 Å². The molecule has 2 amide bonds. The van der Waals surface area contributed by atoms with E-state index in [0.717, 1.165) is 32.2 Å². The molecule has 1 saturated heterocycles. The molecular formula is C31H49ClN2O6. The van der Waals surface area contributed by atoms with Crippen LogP contribution in [0, 0.1) is 45.8 Å². The standard InChI is InChI=1S/C31H49ClN2O6/c1-19-10-15-34(6)17-22(19)27(36)33-28(37)40-24-16-29(4,13-14-32)26(39-18-38-7)21(3)31-11-8-20(2)30(24,5)25(31)23(35)9-12-31/h13-14,19-22,24-26H,8-12,15-18H2,1-7H3,(H,33,36,37)/b14-13+/t19-,20+,21-,22-,24+,25?,26-,29+,30-,31?/m0/s1. The van der Waals surface area contributed by atoms with E-state index < -0.39 is 23.0 Å². The average Bonchev–Trinajstić information content (AvgIpc) is 3.25. The Morgan fingerprint density at radius 1 is 1.18 bits per heavy atom. The predicted molar refractivity (Wildman–Crippen MR) is 153 cm³/mol. The van der Waals surface area contributed by atoms with E-state index in [1.165, 1.54) is 5.54 Å². The van der Waals surface area contributed by atoms with Crippen molar-refractivity contribution in [3.05, 3.63) is 11.6 Å². The normalized spacial score (nSPS) is 44.1. The highest BCUT2D eigenvalue weighted by molar-refractivity contribution is 6.25. The number of rotatable bonds is 6. The number of hydrogen-bond donors (Lipinski definition) is 1. The highest BCUT2D eigenvalue weighted by Gasteiger charge is 2.68. The number of alkyl carbamates (subject to hydrolysis) is 1. The van der Waals surface area contributed by atoms with E-state index in [1.807, 2.05) is 13.1 Å². The molecule has 1 aliphatic heterocycles. The van der Waals surface area contributed by atoms with E-state index in [4.69, 9.17) is 25.8 Å². The van der Waals surface area contributed by atoms with Crippen LogP contribution in [0.5, 0.6) is 0 Å². The SMILES string of the molecule is COCO[C@H]1[C@H](C)C23CCC(=O)C2[C@@](C)([C@H](C)CC3)[C@H](OC(=O)NC(=O)[C@H]2CN(C)CC[C@@H]2C)C[C@@]1(C)/C=C/Cl. The molecule has 1 heterocycles. The largest absolute Gasteiger partial charge is 0.445 e. The average molecular weight is 581 g/mol. The molecule has 4 rings (SSSR count). The molecule has 4 aliphatic rings. The number of hydrogen-bond acceptors (Lipinski definition) is 7. The molecule has 40 heavy (non-hydrogen) atoms. The van der Waals surface area contributed by atoms with Gasteiger partial charge in [-0.3, -0.25) is 14.9 Å². The molecule has 1 N–H and O–H groups in total. The van der Waals surface area contributed by atoms with Gasteiger partial charge in [-0.15, -0.1) is 0 Å². The zero-order valence-electron chi connectivity index (χ0n) is 25.3. The lowest BCUT2D eigenvalue weighted by Gasteiger charge is -2.62. The summed E-state index contributed by atoms with van der Waals surface area (Å²) in [5.74, 6) is -0.249. The summed E-state index contributed by atoms with van der Waals surface area (Å²) in [6.45, 7) is 12.3. The Morgan fingerprint density at radius 3 is 2.58 bits per heavy atom. The fourth-order valence-electron chi connectivity index (χ4n) is 8.99. The summed E-state index contributed by atoms with van der Waals surface area (Å²) in [7, 11) is 3.59. The number of imide groups is 1. The van der Waals surface area contributed by atoms with Crippen LogP contribution in [0.15, 0.2) is 11.6 Å². The Balaban J connectivity index is 1.72. The summed E-state index contributed by atoms with van der Waals surface area (Å²) in [5, 5.41) is 2.57. The number of piperidine rings is 1. The second-order valence-electron chi connectivity index (χ2n) is 13.7. The molecule has 10 atom stereocenters. The lowest BCUT2D eigenvalue weighted by atomic mass is 9.44. The summed E-state index contributed by atoms with van der Waals surface area (Å²) >= 11 is 6.23. The minimum Gasteiger partial charge on any atom is -0.445 e. The summed E-state index contributed by atoms with van der Waals surface area (Å²) in [5.41, 5.74) is 0.00779. The first-order chi connectivity index (χ1) is 18.8. The Morgan fingerprint density at radius 2 is 1.90 bits per heavy atom. The fourth-order valence-corrected chi connectivity index (χ4v) is 9.28. The molecule has 9 heteroatoms. The van der Waals surface area contributed by atoms with Gasteiger partial charge in [0.15, 0.2) is 0 Å². The molecule has 2 bridgehead atoms. The first-order valence-electron chi connectivity index (χ1n) is 14.9. The molecule has 0 aromatic heterocycles. The van der Waals surface area contributed by atoms with Gasteiger partial charge >= 0.3 is 6.09 Å². The number of nitrogens with one attached hydrogen (secondary N) is 1. The Kier molecular flexibility index (Phi) is 9.45. The van der Waals surface area contributed by atoms with Crippen molar-refractivity contribution in [3.8, 4) is 0 Å². The highest BCUT2D eigenvalue weighted by Crippen LogP contribution is 2.68. The molecule has 2 unspecified atom stereocenters. The van der Waals surface area contributed by atoms with Crippen molar-refractivity contribution in [1.82, 2.24) is 10.2 Å². The third-order valence-corrected chi connectivity index (χ3v) is 11.7. The molecule has 3 saturated carbocycles. The zero-order chi connectivity index (χ0) is 29.5. The predicted octanol–water partition coefficient (Wildman–Crippen LogP) is 5.39. The molecule has 0 radical (unpaired) electrons. The second kappa shape index (κ2) is 12.0. The van der Waals surface area contributed by atoms with Gasteiger partial charge in [0.25, 0.3) is 0 Å². The third-order valence-electron chi connectivity index (χ3n) is 11.6. The summed E-state index contributed by atoms with van der Waals surface area (Å²) in [6, 6.07) is 0. The van der Waals surface area contributed by atoms with E-state index in [9.17, 15) is 14.4 Å². The second-order valence-corrected chi connectivity index (χ2v) is 14.0. The Hall–Kier alpha value is -1.48. The van der Waals surface area contributed by atoms with E-state index in [-0.39, 0.29) is 59.6 Å². The quantitative estimate of drug-likeness (QED) is 0.421. The zero-order valence-corrected chi connectivity index (χ0v) is 26.1. The Bertz CT molecular complexity index is 1010. The van der Waals surface area contributed by atoms with Crippen molar-refractivity contribution in [2.45, 2.75) is 85.4 Å². The number of ketones is 1. The first kappa shape index (κ1) is 31.5. The minimum absolute atomic E-state index is 0.0462. The van der Waals surface area contributed by atoms with Crippen LogP contribution in [-0.4, -0.2) is 68.9 Å². The van der Waals surface area contributed by atoms with Crippen molar-refractivity contribution in [2.24, 2.45) is 45.8 Å². The van der Waals surface area contributed by atoms with Gasteiger partial charge in [-0.2, -0.15) is 0 Å². The maximum atomic E-state index is 13.8. The molecule has 8 nitrogen and oxygen atoms in total. The fraction of sp³-hybridized carbons (Fsp3) is 0.839. The number of amides is 2. The molecule has 0 spiro atoms. The molecule has 0 aromatic rings. The van der Waals surface area contributed by atoms with Crippen LogP contribution in [0.4, 0.5) is 4.79 Å². The summed E-state index contributed by atoms with van der Waals surface area (Å²) < 4.78 is 18.0. The van der Waals surface area contributed by atoms with Crippen molar-refractivity contribution >= 4 is 29.4 Å². The van der Waals surface area contributed by atoms with Gasteiger partial charge in [-0.25, -0.2) is 4.79 Å². The minimum atomic E-state index is -0.745. The van der Waals surface area contributed by atoms with E-state index in [0.29, 0.717) is 19.4 Å². The lowest BCUT2D eigenvalue weighted by Crippen LogP contribution is -2.63. The van der Waals surface area contributed by atoms with Crippen molar-refractivity contribution in [2.75, 3.05) is 34.0 Å². The van der Waals surface area contributed by atoms with Crippen LogP contribution < -0.4 is 5.32 Å². The van der Waals surface area contributed by atoms with E-state index in [2.05, 4.69) is 44.8 Å². The van der Waals surface area contributed by atoms with Crippen LogP contribution in [0.2, 0.25) is 0 Å². The van der Waals surface area contributed by atoms with Crippen LogP contribution >= 0.6 is 11.6 Å². The lowest BCUT2D eigenvalue weighted by molar-refractivity contribution is -0.214. The van der Waals surface area contributed by atoms with Gasteiger partial charge < -0.3 is 19.1 Å². The number of carbonyl (C=O) groups excluding carboxylic acids is 3. The van der Waals surface area contributed by atoms with Gasteiger partial charge in [0.1, 0.15) is 18.7 Å².